The number of nitrogen functional groups attached to an aromatic ring is 1. The maximum absolute atomic E-state index is 12.2. The van der Waals surface area contributed by atoms with Crippen molar-refractivity contribution < 1.29 is 13.9 Å². The van der Waals surface area contributed by atoms with Crippen LogP contribution in [-0.2, 0) is 6.61 Å². The highest BCUT2D eigenvalue weighted by molar-refractivity contribution is 14.1. The number of hydrogen-bond acceptors (Lipinski definition) is 3. The lowest BCUT2D eigenvalue weighted by molar-refractivity contribution is 0.145. The number of halogens is 3. The van der Waals surface area contributed by atoms with Crippen molar-refractivity contribution in [2.75, 3.05) is 5.73 Å². The predicted molar refractivity (Wildman–Crippen MR) is 52.2 cm³/mol. The molecule has 0 aliphatic carbocycles. The van der Waals surface area contributed by atoms with Gasteiger partial charge in [0.25, 0.3) is 6.43 Å². The van der Waals surface area contributed by atoms with Crippen molar-refractivity contribution in [2.45, 2.75) is 13.0 Å². The highest BCUT2D eigenvalue weighted by Crippen LogP contribution is 2.24. The number of alkyl halides is 2. The average Bonchev–Trinajstić information content (AvgIpc) is 2.09. The minimum atomic E-state index is -2.64. The predicted octanol–water partition coefficient (Wildman–Crippen LogP) is 1.70. The van der Waals surface area contributed by atoms with Gasteiger partial charge in [-0.1, -0.05) is 0 Å². The molecule has 3 N–H and O–H groups in total. The Morgan fingerprint density at radius 3 is 2.69 bits per heavy atom. The minimum Gasteiger partial charge on any atom is -0.396 e. The topological polar surface area (TPSA) is 59.1 Å². The van der Waals surface area contributed by atoms with E-state index in [1.807, 2.05) is 22.6 Å². The normalized spacial score (nSPS) is 10.8. The van der Waals surface area contributed by atoms with Gasteiger partial charge in [0.2, 0.25) is 0 Å². The summed E-state index contributed by atoms with van der Waals surface area (Å²) in [6, 6.07) is 1.21. The smallest absolute Gasteiger partial charge is 0.280 e. The number of nitrogens with zero attached hydrogens (tertiary/aromatic N) is 1. The van der Waals surface area contributed by atoms with Gasteiger partial charge in [-0.2, -0.15) is 0 Å². The van der Waals surface area contributed by atoms with Crippen molar-refractivity contribution in [1.29, 1.82) is 0 Å². The van der Waals surface area contributed by atoms with E-state index in [0.717, 1.165) is 0 Å². The lowest BCUT2D eigenvalue weighted by Crippen LogP contribution is -2.04. The molecule has 72 valence electrons. The van der Waals surface area contributed by atoms with Gasteiger partial charge in [0.05, 0.1) is 18.0 Å². The fourth-order valence-corrected chi connectivity index (χ4v) is 1.46. The van der Waals surface area contributed by atoms with Gasteiger partial charge in [-0.3, -0.25) is 0 Å². The monoisotopic (exact) mass is 300 g/mol. The lowest BCUT2D eigenvalue weighted by Gasteiger charge is -2.07. The van der Waals surface area contributed by atoms with Crippen LogP contribution in [0.3, 0.4) is 0 Å². The molecule has 0 amide bonds. The Kier molecular flexibility index (Phi) is 3.37. The van der Waals surface area contributed by atoms with Gasteiger partial charge in [-0.05, 0) is 28.7 Å². The van der Waals surface area contributed by atoms with E-state index in [1.165, 1.54) is 6.07 Å². The zero-order chi connectivity index (χ0) is 10.0. The third-order valence-corrected chi connectivity index (χ3v) is 2.37. The Labute approximate surface area is 87.1 Å². The van der Waals surface area contributed by atoms with Gasteiger partial charge in [-0.25, -0.2) is 13.8 Å². The number of pyridine rings is 1. The van der Waals surface area contributed by atoms with E-state index in [0.29, 0.717) is 3.57 Å². The lowest BCUT2D eigenvalue weighted by atomic mass is 10.2. The van der Waals surface area contributed by atoms with Gasteiger partial charge < -0.3 is 10.8 Å². The fraction of sp³-hybridized carbons (Fsp3) is 0.286. The van der Waals surface area contributed by atoms with Crippen LogP contribution in [-0.4, -0.2) is 10.1 Å². The van der Waals surface area contributed by atoms with Crippen molar-refractivity contribution >= 4 is 28.3 Å². The van der Waals surface area contributed by atoms with Crippen LogP contribution in [0, 0.1) is 3.57 Å². The van der Waals surface area contributed by atoms with Crippen molar-refractivity contribution in [3.63, 3.8) is 0 Å². The van der Waals surface area contributed by atoms with Crippen LogP contribution in [0.2, 0.25) is 0 Å². The first kappa shape index (κ1) is 10.6. The number of rotatable bonds is 2. The van der Waals surface area contributed by atoms with E-state index in [2.05, 4.69) is 4.98 Å². The Morgan fingerprint density at radius 2 is 2.23 bits per heavy atom. The Hall–Kier alpha value is -0.500. The summed E-state index contributed by atoms with van der Waals surface area (Å²) in [7, 11) is 0. The van der Waals surface area contributed by atoms with Crippen LogP contribution in [0.25, 0.3) is 0 Å². The molecule has 0 fully saturated rings. The quantitative estimate of drug-likeness (QED) is 0.817. The van der Waals surface area contributed by atoms with Gasteiger partial charge >= 0.3 is 0 Å². The first-order valence-corrected chi connectivity index (χ1v) is 4.48. The second kappa shape index (κ2) is 4.14. The molecule has 1 aromatic rings. The van der Waals surface area contributed by atoms with Gasteiger partial charge in [-0.15, -0.1) is 0 Å². The molecule has 0 spiro atoms. The summed E-state index contributed by atoms with van der Waals surface area (Å²) in [6.07, 6.45) is -2.64. The van der Waals surface area contributed by atoms with E-state index >= 15 is 0 Å². The molecule has 0 aromatic carbocycles. The maximum Gasteiger partial charge on any atom is 0.280 e. The third-order valence-electron chi connectivity index (χ3n) is 1.48. The summed E-state index contributed by atoms with van der Waals surface area (Å²) < 4.78 is 24.9. The van der Waals surface area contributed by atoms with Crippen LogP contribution < -0.4 is 5.73 Å². The van der Waals surface area contributed by atoms with Crippen molar-refractivity contribution in [3.8, 4) is 0 Å². The summed E-state index contributed by atoms with van der Waals surface area (Å²) >= 11 is 1.82. The molecule has 0 aliphatic rings. The zero-order valence-corrected chi connectivity index (χ0v) is 8.62. The molecule has 0 atom stereocenters. The molecule has 0 saturated carbocycles. The van der Waals surface area contributed by atoms with E-state index in [9.17, 15) is 8.78 Å². The van der Waals surface area contributed by atoms with E-state index in [4.69, 9.17) is 10.8 Å². The van der Waals surface area contributed by atoms with Gasteiger partial charge in [0.15, 0.2) is 0 Å². The number of aromatic nitrogens is 1. The molecule has 1 aromatic heterocycles. The second-order valence-electron chi connectivity index (χ2n) is 2.35. The molecular formula is C7H7F2IN2O. The highest BCUT2D eigenvalue weighted by Gasteiger charge is 2.13. The first-order chi connectivity index (χ1) is 6.06. The Balaban J connectivity index is 3.22. The molecule has 6 heteroatoms. The summed E-state index contributed by atoms with van der Waals surface area (Å²) in [5, 5.41) is 8.76. The van der Waals surface area contributed by atoms with Crippen LogP contribution in [0.5, 0.6) is 0 Å². The zero-order valence-electron chi connectivity index (χ0n) is 6.47. The number of nitrogens with two attached hydrogens (primary N) is 1. The maximum atomic E-state index is 12.2. The summed E-state index contributed by atoms with van der Waals surface area (Å²) in [5.74, 6) is 0. The van der Waals surface area contributed by atoms with E-state index in [-0.39, 0.29) is 17.1 Å². The molecule has 1 heterocycles. The average molecular weight is 300 g/mol. The molecular weight excluding hydrogens is 293 g/mol. The minimum absolute atomic E-state index is 0.0993. The van der Waals surface area contributed by atoms with Crippen molar-refractivity contribution in [3.05, 3.63) is 21.0 Å². The number of anilines is 1. The molecule has 0 unspecified atom stereocenters. The van der Waals surface area contributed by atoms with Crippen LogP contribution in [0.1, 0.15) is 17.8 Å². The van der Waals surface area contributed by atoms with Crippen LogP contribution >= 0.6 is 22.6 Å². The summed E-state index contributed by atoms with van der Waals surface area (Å²) in [4.78, 5) is 3.52. The summed E-state index contributed by atoms with van der Waals surface area (Å²) in [6.45, 7) is -0.428. The fourth-order valence-electron chi connectivity index (χ4n) is 0.826. The number of aliphatic hydroxyl groups is 1. The molecule has 0 radical (unpaired) electrons. The molecule has 1 rings (SSSR count). The number of aliphatic hydroxyl groups excluding tert-OH is 1. The van der Waals surface area contributed by atoms with E-state index < -0.39 is 13.0 Å². The number of hydrogen-bond donors (Lipinski definition) is 2. The van der Waals surface area contributed by atoms with Crippen molar-refractivity contribution in [1.82, 2.24) is 4.98 Å². The third kappa shape index (κ3) is 2.25. The highest BCUT2D eigenvalue weighted by atomic mass is 127. The molecule has 3 nitrogen and oxygen atoms in total. The molecule has 0 aliphatic heterocycles. The first-order valence-electron chi connectivity index (χ1n) is 3.40. The summed E-state index contributed by atoms with van der Waals surface area (Å²) in [5.41, 5.74) is 5.48. The Bertz CT molecular complexity index is 320. The van der Waals surface area contributed by atoms with Crippen LogP contribution in [0.4, 0.5) is 14.5 Å². The largest absolute Gasteiger partial charge is 0.396 e. The standard InChI is InChI=1S/C7H7F2IN2O/c8-7(9)4-1-3(10)6(11)5(2-13)12-4/h1,7,13H,2,11H2. The van der Waals surface area contributed by atoms with Crippen LogP contribution in [0.15, 0.2) is 6.07 Å². The second-order valence-corrected chi connectivity index (χ2v) is 3.51. The molecule has 13 heavy (non-hydrogen) atoms. The van der Waals surface area contributed by atoms with E-state index in [1.54, 1.807) is 0 Å². The van der Waals surface area contributed by atoms with Crippen molar-refractivity contribution in [2.24, 2.45) is 0 Å². The van der Waals surface area contributed by atoms with Gasteiger partial charge in [0.1, 0.15) is 5.69 Å². The SMILES string of the molecule is Nc1c(I)cc(C(F)F)nc1CO. The van der Waals surface area contributed by atoms with Gasteiger partial charge in [0, 0.05) is 3.57 Å². The Morgan fingerprint density at radius 1 is 1.62 bits per heavy atom. The molecule has 0 bridgehead atoms. The molecule has 0 saturated heterocycles.